The summed E-state index contributed by atoms with van der Waals surface area (Å²) >= 11 is 0. The molecule has 0 fully saturated rings. The quantitative estimate of drug-likeness (QED) is 0.683. The molecule has 0 radical (unpaired) electrons. The summed E-state index contributed by atoms with van der Waals surface area (Å²) in [4.78, 5) is 15.6. The van der Waals surface area contributed by atoms with Crippen LogP contribution in [0.3, 0.4) is 0 Å². The van der Waals surface area contributed by atoms with E-state index in [1.165, 1.54) is 0 Å². The maximum atomic E-state index is 11.5. The number of Topliss-reactive ketones (excluding diaryl/α,β-unsaturated/α-hetero) is 1. The number of aromatic nitrogens is 1. The van der Waals surface area contributed by atoms with E-state index >= 15 is 0 Å². The van der Waals surface area contributed by atoms with Crippen LogP contribution >= 0.6 is 0 Å². The molecule has 14 heavy (non-hydrogen) atoms. The van der Waals surface area contributed by atoms with Crippen molar-refractivity contribution in [3.63, 3.8) is 0 Å². The van der Waals surface area contributed by atoms with E-state index < -0.39 is 0 Å². The van der Waals surface area contributed by atoms with Crippen LogP contribution in [0.4, 0.5) is 0 Å². The molecule has 0 N–H and O–H groups in total. The molecule has 0 aliphatic rings. The zero-order valence-electron chi connectivity index (χ0n) is 8.32. The number of hydrogen-bond acceptors (Lipinski definition) is 3. The van der Waals surface area contributed by atoms with Crippen LogP contribution in [-0.4, -0.2) is 10.8 Å². The summed E-state index contributed by atoms with van der Waals surface area (Å²) in [5.41, 5.74) is 1.47. The molecular weight excluding hydrogens is 176 g/mol. The molecule has 72 valence electrons. The van der Waals surface area contributed by atoms with Crippen LogP contribution in [0.25, 0.3) is 0 Å². The van der Waals surface area contributed by atoms with Crippen molar-refractivity contribution in [3.8, 4) is 6.07 Å². The second kappa shape index (κ2) is 4.52. The van der Waals surface area contributed by atoms with Gasteiger partial charge in [-0.1, -0.05) is 0 Å². The SMILES string of the molecule is Cc1ccc(C(=O)CC(C)C#N)cn1. The molecule has 0 amide bonds. The molecule has 1 rings (SSSR count). The van der Waals surface area contributed by atoms with Gasteiger partial charge in [0.2, 0.25) is 0 Å². The Kier molecular flexibility index (Phi) is 3.35. The fourth-order valence-corrected chi connectivity index (χ4v) is 1.07. The van der Waals surface area contributed by atoms with Crippen molar-refractivity contribution in [3.05, 3.63) is 29.6 Å². The molecule has 1 aromatic heterocycles. The smallest absolute Gasteiger partial charge is 0.165 e. The summed E-state index contributed by atoms with van der Waals surface area (Å²) < 4.78 is 0. The lowest BCUT2D eigenvalue weighted by atomic mass is 10.0. The number of ketones is 1. The van der Waals surface area contributed by atoms with Gasteiger partial charge in [-0.3, -0.25) is 9.78 Å². The Morgan fingerprint density at radius 2 is 2.36 bits per heavy atom. The highest BCUT2D eigenvalue weighted by molar-refractivity contribution is 5.96. The van der Waals surface area contributed by atoms with Crippen LogP contribution in [0.15, 0.2) is 18.3 Å². The molecule has 0 aliphatic heterocycles. The highest BCUT2D eigenvalue weighted by Crippen LogP contribution is 2.08. The lowest BCUT2D eigenvalue weighted by Gasteiger charge is -2.01. The van der Waals surface area contributed by atoms with E-state index in [2.05, 4.69) is 4.98 Å². The topological polar surface area (TPSA) is 53.8 Å². The van der Waals surface area contributed by atoms with Gasteiger partial charge in [-0.05, 0) is 26.0 Å². The summed E-state index contributed by atoms with van der Waals surface area (Å²) in [6.45, 7) is 3.60. The van der Waals surface area contributed by atoms with Crippen LogP contribution < -0.4 is 0 Å². The molecule has 1 heterocycles. The number of pyridine rings is 1. The molecule has 1 unspecified atom stereocenters. The van der Waals surface area contributed by atoms with Gasteiger partial charge in [0, 0.05) is 23.9 Å². The maximum absolute atomic E-state index is 11.5. The Morgan fingerprint density at radius 1 is 1.64 bits per heavy atom. The third-order valence-electron chi connectivity index (χ3n) is 1.95. The van der Waals surface area contributed by atoms with Gasteiger partial charge >= 0.3 is 0 Å². The van der Waals surface area contributed by atoms with E-state index in [9.17, 15) is 4.79 Å². The highest BCUT2D eigenvalue weighted by atomic mass is 16.1. The van der Waals surface area contributed by atoms with Crippen LogP contribution in [0.5, 0.6) is 0 Å². The average molecular weight is 188 g/mol. The maximum Gasteiger partial charge on any atom is 0.165 e. The highest BCUT2D eigenvalue weighted by Gasteiger charge is 2.10. The first-order valence-electron chi connectivity index (χ1n) is 4.49. The lowest BCUT2D eigenvalue weighted by molar-refractivity contribution is 0.0972. The molecule has 0 aliphatic carbocycles. The minimum atomic E-state index is -0.233. The van der Waals surface area contributed by atoms with Crippen molar-refractivity contribution in [2.75, 3.05) is 0 Å². The monoisotopic (exact) mass is 188 g/mol. The first-order valence-corrected chi connectivity index (χ1v) is 4.49. The summed E-state index contributed by atoms with van der Waals surface area (Å²) in [5.74, 6) is -0.254. The standard InChI is InChI=1S/C11H12N2O/c1-8(6-12)5-11(14)10-4-3-9(2)13-7-10/h3-4,7-8H,5H2,1-2H3. The van der Waals surface area contributed by atoms with Crippen molar-refractivity contribution in [1.82, 2.24) is 4.98 Å². The molecule has 1 atom stereocenters. The zero-order chi connectivity index (χ0) is 10.6. The third kappa shape index (κ3) is 2.67. The van der Waals surface area contributed by atoms with E-state index in [1.807, 2.05) is 13.0 Å². The van der Waals surface area contributed by atoms with Gasteiger partial charge in [0.25, 0.3) is 0 Å². The van der Waals surface area contributed by atoms with E-state index in [0.717, 1.165) is 5.69 Å². The molecule has 0 bridgehead atoms. The van der Waals surface area contributed by atoms with Gasteiger partial charge in [-0.2, -0.15) is 5.26 Å². The van der Waals surface area contributed by atoms with Gasteiger partial charge in [0.15, 0.2) is 5.78 Å². The van der Waals surface area contributed by atoms with E-state index in [4.69, 9.17) is 5.26 Å². The van der Waals surface area contributed by atoms with E-state index in [-0.39, 0.29) is 18.1 Å². The van der Waals surface area contributed by atoms with Crippen LogP contribution in [0.1, 0.15) is 29.4 Å². The summed E-state index contributed by atoms with van der Waals surface area (Å²) in [7, 11) is 0. The predicted octanol–water partition coefficient (Wildman–Crippen LogP) is 2.12. The summed E-state index contributed by atoms with van der Waals surface area (Å²) in [6, 6.07) is 5.58. The zero-order valence-corrected chi connectivity index (χ0v) is 8.32. The number of carbonyl (C=O) groups is 1. The van der Waals surface area contributed by atoms with Gasteiger partial charge in [-0.15, -0.1) is 0 Å². The molecule has 0 spiro atoms. The molecule has 3 nitrogen and oxygen atoms in total. The minimum absolute atomic E-state index is 0.0217. The van der Waals surface area contributed by atoms with Crippen molar-refractivity contribution in [2.24, 2.45) is 5.92 Å². The van der Waals surface area contributed by atoms with Crippen LogP contribution in [-0.2, 0) is 0 Å². The van der Waals surface area contributed by atoms with Gasteiger partial charge < -0.3 is 0 Å². The first kappa shape index (κ1) is 10.4. The average Bonchev–Trinajstić information content (AvgIpc) is 2.18. The number of aryl methyl sites for hydroxylation is 1. The van der Waals surface area contributed by atoms with Crippen molar-refractivity contribution in [1.29, 1.82) is 5.26 Å². The molecule has 0 aromatic carbocycles. The normalized spacial score (nSPS) is 11.8. The Bertz CT molecular complexity index is 362. The minimum Gasteiger partial charge on any atom is -0.294 e. The number of hydrogen-bond donors (Lipinski definition) is 0. The fourth-order valence-electron chi connectivity index (χ4n) is 1.07. The Morgan fingerprint density at radius 3 is 2.86 bits per heavy atom. The Balaban J connectivity index is 2.71. The van der Waals surface area contributed by atoms with Crippen LogP contribution in [0.2, 0.25) is 0 Å². The fraction of sp³-hybridized carbons (Fsp3) is 0.364. The number of rotatable bonds is 3. The summed E-state index contributed by atoms with van der Waals surface area (Å²) in [6.07, 6.45) is 1.82. The first-order chi connectivity index (χ1) is 6.63. The van der Waals surface area contributed by atoms with Crippen LogP contribution in [0, 0.1) is 24.2 Å². The van der Waals surface area contributed by atoms with Gasteiger partial charge in [-0.25, -0.2) is 0 Å². The molecule has 1 aromatic rings. The van der Waals surface area contributed by atoms with Gasteiger partial charge in [0.05, 0.1) is 12.0 Å². The molecule has 3 heteroatoms. The second-order valence-electron chi connectivity index (χ2n) is 3.35. The molecular formula is C11H12N2O. The lowest BCUT2D eigenvalue weighted by Crippen LogP contribution is -2.05. The number of nitriles is 1. The van der Waals surface area contributed by atoms with Crippen molar-refractivity contribution >= 4 is 5.78 Å². The third-order valence-corrected chi connectivity index (χ3v) is 1.95. The van der Waals surface area contributed by atoms with Crippen molar-refractivity contribution < 1.29 is 4.79 Å². The molecule has 0 saturated heterocycles. The Hall–Kier alpha value is -1.69. The number of nitrogens with zero attached hydrogens (tertiary/aromatic N) is 2. The van der Waals surface area contributed by atoms with Gasteiger partial charge in [0.1, 0.15) is 0 Å². The summed E-state index contributed by atoms with van der Waals surface area (Å²) in [5, 5.41) is 8.56. The Labute approximate surface area is 83.4 Å². The largest absolute Gasteiger partial charge is 0.294 e. The molecule has 0 saturated carbocycles. The van der Waals surface area contributed by atoms with Crippen molar-refractivity contribution in [2.45, 2.75) is 20.3 Å². The van der Waals surface area contributed by atoms with E-state index in [1.54, 1.807) is 25.3 Å². The number of carbonyl (C=O) groups excluding carboxylic acids is 1. The second-order valence-corrected chi connectivity index (χ2v) is 3.35. The van der Waals surface area contributed by atoms with E-state index in [0.29, 0.717) is 5.56 Å². The predicted molar refractivity (Wildman–Crippen MR) is 52.7 cm³/mol.